The first kappa shape index (κ1) is 14.9. The minimum Gasteiger partial charge on any atom is -0.380 e. The van der Waals surface area contributed by atoms with Crippen molar-refractivity contribution >= 4 is 0 Å². The molecule has 0 aliphatic heterocycles. The van der Waals surface area contributed by atoms with Gasteiger partial charge in [0.1, 0.15) is 0 Å². The number of nitrogens with zero attached hydrogens (tertiary/aromatic N) is 1. The van der Waals surface area contributed by atoms with Gasteiger partial charge in [-0.1, -0.05) is 6.92 Å². The van der Waals surface area contributed by atoms with Crippen LogP contribution in [0.3, 0.4) is 0 Å². The van der Waals surface area contributed by atoms with Crippen LogP contribution < -0.4 is 5.32 Å². The highest BCUT2D eigenvalue weighted by Crippen LogP contribution is 1.97. The van der Waals surface area contributed by atoms with E-state index >= 15 is 0 Å². The Morgan fingerprint density at radius 1 is 1.13 bits per heavy atom. The molecule has 0 aromatic carbocycles. The Balaban J connectivity index is 3.29. The molecule has 15 heavy (non-hydrogen) atoms. The summed E-state index contributed by atoms with van der Waals surface area (Å²) in [7, 11) is 2.14. The van der Waals surface area contributed by atoms with E-state index < -0.39 is 0 Å². The van der Waals surface area contributed by atoms with Crippen LogP contribution in [0.4, 0.5) is 0 Å². The molecular formula is C12H28N2O. The van der Waals surface area contributed by atoms with E-state index in [-0.39, 0.29) is 5.54 Å². The third-order valence-corrected chi connectivity index (χ3v) is 2.11. The molecule has 0 fully saturated rings. The Bertz CT molecular complexity index is 143. The first-order valence-corrected chi connectivity index (χ1v) is 5.97. The molecule has 0 atom stereocenters. The van der Waals surface area contributed by atoms with E-state index in [0.29, 0.717) is 0 Å². The zero-order valence-electron chi connectivity index (χ0n) is 11.1. The van der Waals surface area contributed by atoms with Crippen LogP contribution >= 0.6 is 0 Å². The standard InChI is InChI=1S/C12H28N2O/c1-6-10-15-11-9-14(5)8-7-13-12(2,3)4/h13H,6-11H2,1-5H3. The van der Waals surface area contributed by atoms with Gasteiger partial charge in [-0.05, 0) is 34.2 Å². The molecule has 3 heteroatoms. The molecule has 0 aromatic heterocycles. The molecule has 0 heterocycles. The molecule has 0 rings (SSSR count). The maximum atomic E-state index is 5.44. The van der Waals surface area contributed by atoms with Crippen molar-refractivity contribution in [2.24, 2.45) is 0 Å². The van der Waals surface area contributed by atoms with Gasteiger partial charge in [0.05, 0.1) is 6.61 Å². The van der Waals surface area contributed by atoms with E-state index in [9.17, 15) is 0 Å². The van der Waals surface area contributed by atoms with Gasteiger partial charge in [-0.25, -0.2) is 0 Å². The van der Waals surface area contributed by atoms with Crippen LogP contribution in [0.1, 0.15) is 34.1 Å². The molecule has 0 aliphatic rings. The molecule has 92 valence electrons. The van der Waals surface area contributed by atoms with Crippen LogP contribution in [0.15, 0.2) is 0 Å². The Morgan fingerprint density at radius 3 is 2.33 bits per heavy atom. The topological polar surface area (TPSA) is 24.5 Å². The van der Waals surface area contributed by atoms with Gasteiger partial charge in [-0.15, -0.1) is 0 Å². The van der Waals surface area contributed by atoms with Gasteiger partial charge >= 0.3 is 0 Å². The molecule has 0 bridgehead atoms. The lowest BCUT2D eigenvalue weighted by atomic mass is 10.1. The second-order valence-electron chi connectivity index (χ2n) is 5.09. The fourth-order valence-electron chi connectivity index (χ4n) is 1.20. The Labute approximate surface area is 95.2 Å². The molecule has 1 N–H and O–H groups in total. The number of rotatable bonds is 8. The van der Waals surface area contributed by atoms with Crippen molar-refractivity contribution < 1.29 is 4.74 Å². The highest BCUT2D eigenvalue weighted by Gasteiger charge is 2.08. The first-order chi connectivity index (χ1) is 6.95. The number of hydrogen-bond donors (Lipinski definition) is 1. The lowest BCUT2D eigenvalue weighted by molar-refractivity contribution is 0.112. The molecular weight excluding hydrogens is 188 g/mol. The van der Waals surface area contributed by atoms with E-state index in [1.165, 1.54) is 0 Å². The van der Waals surface area contributed by atoms with Crippen molar-refractivity contribution in [2.45, 2.75) is 39.7 Å². The van der Waals surface area contributed by atoms with Crippen molar-refractivity contribution in [1.29, 1.82) is 0 Å². The summed E-state index contributed by atoms with van der Waals surface area (Å²) in [6, 6.07) is 0. The molecule has 0 saturated carbocycles. The van der Waals surface area contributed by atoms with Gasteiger partial charge < -0.3 is 15.0 Å². The Kier molecular flexibility index (Phi) is 8.02. The van der Waals surface area contributed by atoms with Crippen LogP contribution in [0.2, 0.25) is 0 Å². The zero-order chi connectivity index (χ0) is 11.7. The van der Waals surface area contributed by atoms with Crippen molar-refractivity contribution in [3.05, 3.63) is 0 Å². The lowest BCUT2D eigenvalue weighted by Crippen LogP contribution is -2.41. The quantitative estimate of drug-likeness (QED) is 0.625. The van der Waals surface area contributed by atoms with Crippen LogP contribution in [0.25, 0.3) is 0 Å². The third-order valence-electron chi connectivity index (χ3n) is 2.11. The average Bonchev–Trinajstić information content (AvgIpc) is 2.10. The third kappa shape index (κ3) is 11.8. The van der Waals surface area contributed by atoms with Crippen LogP contribution in [-0.4, -0.2) is 50.3 Å². The molecule has 0 spiro atoms. The van der Waals surface area contributed by atoms with Gasteiger partial charge in [0.25, 0.3) is 0 Å². The van der Waals surface area contributed by atoms with Crippen LogP contribution in [0, 0.1) is 0 Å². The average molecular weight is 216 g/mol. The van der Waals surface area contributed by atoms with Gasteiger partial charge in [0.2, 0.25) is 0 Å². The predicted octanol–water partition coefficient (Wildman–Crippen LogP) is 1.73. The highest BCUT2D eigenvalue weighted by molar-refractivity contribution is 4.70. The number of ether oxygens (including phenoxy) is 1. The van der Waals surface area contributed by atoms with Crippen LogP contribution in [0.5, 0.6) is 0 Å². The minimum absolute atomic E-state index is 0.222. The van der Waals surface area contributed by atoms with Crippen LogP contribution in [-0.2, 0) is 4.74 Å². The first-order valence-electron chi connectivity index (χ1n) is 5.97. The molecule has 3 nitrogen and oxygen atoms in total. The van der Waals surface area contributed by atoms with Crippen molar-refractivity contribution in [3.63, 3.8) is 0 Å². The molecule has 0 aromatic rings. The van der Waals surface area contributed by atoms with E-state index in [0.717, 1.165) is 39.3 Å². The second kappa shape index (κ2) is 8.08. The fraction of sp³-hybridized carbons (Fsp3) is 1.00. The zero-order valence-corrected chi connectivity index (χ0v) is 11.1. The van der Waals surface area contributed by atoms with E-state index in [4.69, 9.17) is 4.74 Å². The number of likely N-dealkylation sites (N-methyl/N-ethyl adjacent to an activating group) is 1. The van der Waals surface area contributed by atoms with Crippen molar-refractivity contribution in [1.82, 2.24) is 10.2 Å². The Morgan fingerprint density at radius 2 is 1.80 bits per heavy atom. The van der Waals surface area contributed by atoms with E-state index in [1.807, 2.05) is 0 Å². The minimum atomic E-state index is 0.222. The smallest absolute Gasteiger partial charge is 0.0593 e. The van der Waals surface area contributed by atoms with Gasteiger partial charge in [-0.3, -0.25) is 0 Å². The summed E-state index contributed by atoms with van der Waals surface area (Å²) in [5, 5.41) is 3.47. The molecule has 0 saturated heterocycles. The summed E-state index contributed by atoms with van der Waals surface area (Å²) >= 11 is 0. The van der Waals surface area contributed by atoms with Gasteiger partial charge in [0.15, 0.2) is 0 Å². The van der Waals surface area contributed by atoms with Gasteiger partial charge in [-0.2, -0.15) is 0 Å². The number of nitrogens with one attached hydrogen (secondary N) is 1. The van der Waals surface area contributed by atoms with Crippen molar-refractivity contribution in [3.8, 4) is 0 Å². The van der Waals surface area contributed by atoms with Crippen molar-refractivity contribution in [2.75, 3.05) is 39.9 Å². The molecule has 0 unspecified atom stereocenters. The number of hydrogen-bond acceptors (Lipinski definition) is 3. The second-order valence-corrected chi connectivity index (χ2v) is 5.09. The maximum absolute atomic E-state index is 5.44. The summed E-state index contributed by atoms with van der Waals surface area (Å²) < 4.78 is 5.44. The lowest BCUT2D eigenvalue weighted by Gasteiger charge is -2.23. The molecule has 0 amide bonds. The fourth-order valence-corrected chi connectivity index (χ4v) is 1.20. The predicted molar refractivity (Wildman–Crippen MR) is 66.4 cm³/mol. The maximum Gasteiger partial charge on any atom is 0.0593 e. The Hall–Kier alpha value is -0.120. The summed E-state index contributed by atoms with van der Waals surface area (Å²) in [6.07, 6.45) is 1.11. The highest BCUT2D eigenvalue weighted by atomic mass is 16.5. The SMILES string of the molecule is CCCOCCN(C)CCNC(C)(C)C. The summed E-state index contributed by atoms with van der Waals surface area (Å²) in [6.45, 7) is 13.6. The summed E-state index contributed by atoms with van der Waals surface area (Å²) in [5.74, 6) is 0. The van der Waals surface area contributed by atoms with Gasteiger partial charge in [0, 0.05) is 31.8 Å². The summed E-state index contributed by atoms with van der Waals surface area (Å²) in [4.78, 5) is 2.30. The molecule has 0 aliphatic carbocycles. The van der Waals surface area contributed by atoms with E-state index in [2.05, 4.69) is 45.0 Å². The largest absolute Gasteiger partial charge is 0.380 e. The monoisotopic (exact) mass is 216 g/mol. The summed E-state index contributed by atoms with van der Waals surface area (Å²) in [5.41, 5.74) is 0.222. The molecule has 0 radical (unpaired) electrons. The normalized spacial score (nSPS) is 12.4. The van der Waals surface area contributed by atoms with E-state index in [1.54, 1.807) is 0 Å².